The van der Waals surface area contributed by atoms with E-state index in [1.165, 1.54) is 24.0 Å². The number of hydrogen-bond acceptors (Lipinski definition) is 5. The van der Waals surface area contributed by atoms with Crippen LogP contribution in [0.3, 0.4) is 0 Å². The molecule has 0 saturated heterocycles. The smallest absolute Gasteiger partial charge is 0.351 e. The molecule has 0 bridgehead atoms. The summed E-state index contributed by atoms with van der Waals surface area (Å²) in [5.41, 5.74) is 3.84. The number of esters is 1. The molecule has 152 valence electrons. The largest absolute Gasteiger partial charge is 0.485 e. The zero-order valence-electron chi connectivity index (χ0n) is 16.5. The average molecular weight is 395 g/mol. The van der Waals surface area contributed by atoms with Crippen molar-refractivity contribution in [1.82, 2.24) is 5.32 Å². The van der Waals surface area contributed by atoms with Crippen molar-refractivity contribution in [2.45, 2.75) is 44.8 Å². The first-order chi connectivity index (χ1) is 14.1. The fraction of sp³-hybridized carbons (Fsp3) is 0.391. The van der Waals surface area contributed by atoms with Gasteiger partial charge in [0.2, 0.25) is 6.10 Å². The quantitative estimate of drug-likeness (QED) is 0.788. The van der Waals surface area contributed by atoms with Gasteiger partial charge < -0.3 is 19.5 Å². The molecule has 1 aliphatic carbocycles. The van der Waals surface area contributed by atoms with Gasteiger partial charge >= 0.3 is 5.97 Å². The Bertz CT molecular complexity index is 910. The minimum atomic E-state index is -0.879. The third kappa shape index (κ3) is 4.53. The highest BCUT2D eigenvalue weighted by Gasteiger charge is 2.29. The van der Waals surface area contributed by atoms with Crippen molar-refractivity contribution in [3.05, 3.63) is 59.2 Å². The molecule has 2 aliphatic rings. The normalized spacial score (nSPS) is 18.3. The van der Waals surface area contributed by atoms with Gasteiger partial charge in [-0.05, 0) is 61.4 Å². The predicted octanol–water partition coefficient (Wildman–Crippen LogP) is 3.13. The van der Waals surface area contributed by atoms with Gasteiger partial charge in [-0.2, -0.15) is 0 Å². The van der Waals surface area contributed by atoms with E-state index in [4.69, 9.17) is 14.2 Å². The second-order valence-electron chi connectivity index (χ2n) is 7.50. The van der Waals surface area contributed by atoms with Crippen LogP contribution < -0.4 is 14.8 Å². The first kappa shape index (κ1) is 19.3. The molecule has 6 nitrogen and oxygen atoms in total. The summed E-state index contributed by atoms with van der Waals surface area (Å²) in [5, 5.41) is 2.89. The summed E-state index contributed by atoms with van der Waals surface area (Å²) in [6.07, 6.45) is 3.80. The Kier molecular flexibility index (Phi) is 5.69. The Hall–Kier alpha value is -3.02. The highest BCUT2D eigenvalue weighted by Crippen LogP contribution is 2.31. The molecule has 2 aromatic carbocycles. The van der Waals surface area contributed by atoms with Crippen LogP contribution in [-0.4, -0.2) is 31.2 Å². The summed E-state index contributed by atoms with van der Waals surface area (Å²) < 4.78 is 16.2. The van der Waals surface area contributed by atoms with Gasteiger partial charge in [-0.3, -0.25) is 4.79 Å². The number of amides is 1. The second kappa shape index (κ2) is 8.55. The van der Waals surface area contributed by atoms with E-state index >= 15 is 0 Å². The van der Waals surface area contributed by atoms with Gasteiger partial charge in [0, 0.05) is 0 Å². The Morgan fingerprint density at radius 1 is 1.10 bits per heavy atom. The standard InChI is InChI=1S/C23H25NO5/c1-15(17-11-10-16-6-2-3-7-18(16)12-17)24-22(25)14-28-23(26)21-13-27-19-8-4-5-9-20(19)29-21/h4-5,8-12,15,21H,2-3,6-7,13-14H2,1H3,(H,24,25)/t15-,21+/m1/s1. The first-order valence-electron chi connectivity index (χ1n) is 10.1. The lowest BCUT2D eigenvalue weighted by molar-refractivity contribution is -0.157. The monoisotopic (exact) mass is 395 g/mol. The third-order valence-corrected chi connectivity index (χ3v) is 5.37. The SMILES string of the molecule is C[C@@H](NC(=O)COC(=O)[C@@H]1COc2ccccc2O1)c1ccc2c(c1)CCCC2. The van der Waals surface area contributed by atoms with E-state index in [0.717, 1.165) is 18.4 Å². The van der Waals surface area contributed by atoms with Gasteiger partial charge in [-0.1, -0.05) is 30.3 Å². The predicted molar refractivity (Wildman–Crippen MR) is 107 cm³/mol. The maximum Gasteiger partial charge on any atom is 0.351 e. The minimum Gasteiger partial charge on any atom is -0.485 e. The van der Waals surface area contributed by atoms with Gasteiger partial charge in [0.25, 0.3) is 5.91 Å². The molecule has 0 unspecified atom stereocenters. The molecule has 0 fully saturated rings. The van der Waals surface area contributed by atoms with Crippen LogP contribution in [0.5, 0.6) is 11.5 Å². The van der Waals surface area contributed by atoms with E-state index in [9.17, 15) is 9.59 Å². The zero-order valence-corrected chi connectivity index (χ0v) is 16.5. The van der Waals surface area contributed by atoms with Gasteiger partial charge in [0.15, 0.2) is 18.1 Å². The Labute approximate surface area is 170 Å². The fourth-order valence-corrected chi connectivity index (χ4v) is 3.75. The summed E-state index contributed by atoms with van der Waals surface area (Å²) in [5.74, 6) is 0.121. The minimum absolute atomic E-state index is 0.0585. The van der Waals surface area contributed by atoms with E-state index < -0.39 is 12.1 Å². The highest BCUT2D eigenvalue weighted by molar-refractivity contribution is 5.82. The number of benzene rings is 2. The highest BCUT2D eigenvalue weighted by atomic mass is 16.6. The number of para-hydroxylation sites is 2. The van der Waals surface area contributed by atoms with Gasteiger partial charge in [0.1, 0.15) is 6.61 Å². The molecule has 0 spiro atoms. The van der Waals surface area contributed by atoms with Crippen LogP contribution in [0.4, 0.5) is 0 Å². The number of aryl methyl sites for hydroxylation is 2. The van der Waals surface area contributed by atoms with Crippen molar-refractivity contribution in [3.8, 4) is 11.5 Å². The van der Waals surface area contributed by atoms with E-state index in [1.54, 1.807) is 18.2 Å². The maximum absolute atomic E-state index is 12.2. The topological polar surface area (TPSA) is 73.9 Å². The molecule has 1 amide bonds. The molecule has 0 saturated carbocycles. The van der Waals surface area contributed by atoms with Crippen LogP contribution in [0.1, 0.15) is 42.5 Å². The fourth-order valence-electron chi connectivity index (χ4n) is 3.75. The molecule has 2 atom stereocenters. The summed E-state index contributed by atoms with van der Waals surface area (Å²) in [6.45, 7) is 1.64. The van der Waals surface area contributed by atoms with E-state index in [0.29, 0.717) is 11.5 Å². The van der Waals surface area contributed by atoms with Crippen LogP contribution >= 0.6 is 0 Å². The molecular formula is C23H25NO5. The average Bonchev–Trinajstić information content (AvgIpc) is 2.76. The lowest BCUT2D eigenvalue weighted by Crippen LogP contribution is -2.40. The molecule has 29 heavy (non-hydrogen) atoms. The van der Waals surface area contributed by atoms with E-state index in [1.807, 2.05) is 13.0 Å². The summed E-state index contributed by atoms with van der Waals surface area (Å²) in [7, 11) is 0. The van der Waals surface area contributed by atoms with Crippen molar-refractivity contribution >= 4 is 11.9 Å². The molecule has 6 heteroatoms. The van der Waals surface area contributed by atoms with Crippen LogP contribution in [0.15, 0.2) is 42.5 Å². The lowest BCUT2D eigenvalue weighted by atomic mass is 9.89. The van der Waals surface area contributed by atoms with Crippen LogP contribution in [0.2, 0.25) is 0 Å². The number of rotatable bonds is 5. The number of hydrogen-bond donors (Lipinski definition) is 1. The molecule has 1 N–H and O–H groups in total. The van der Waals surface area contributed by atoms with Crippen molar-refractivity contribution in [2.24, 2.45) is 0 Å². The van der Waals surface area contributed by atoms with Crippen LogP contribution in [-0.2, 0) is 27.2 Å². The molecule has 1 aliphatic heterocycles. The number of carbonyl (C=O) groups is 2. The van der Waals surface area contributed by atoms with Crippen LogP contribution in [0.25, 0.3) is 0 Å². The number of nitrogens with one attached hydrogen (secondary N) is 1. The Morgan fingerprint density at radius 2 is 1.86 bits per heavy atom. The zero-order chi connectivity index (χ0) is 20.2. The molecule has 0 radical (unpaired) electrons. The third-order valence-electron chi connectivity index (χ3n) is 5.37. The number of carbonyl (C=O) groups excluding carboxylic acids is 2. The molecule has 1 heterocycles. The maximum atomic E-state index is 12.2. The number of ether oxygens (including phenoxy) is 3. The number of fused-ring (bicyclic) bond motifs is 2. The van der Waals surface area contributed by atoms with E-state index in [-0.39, 0.29) is 25.2 Å². The molecule has 4 rings (SSSR count). The molecule has 0 aromatic heterocycles. The Balaban J connectivity index is 1.27. The van der Waals surface area contributed by atoms with Gasteiger partial charge in [0.05, 0.1) is 6.04 Å². The first-order valence-corrected chi connectivity index (χ1v) is 10.1. The van der Waals surface area contributed by atoms with Crippen molar-refractivity contribution in [1.29, 1.82) is 0 Å². The molecule has 2 aromatic rings. The lowest BCUT2D eigenvalue weighted by Gasteiger charge is -2.25. The second-order valence-corrected chi connectivity index (χ2v) is 7.50. The van der Waals surface area contributed by atoms with E-state index in [2.05, 4.69) is 23.5 Å². The van der Waals surface area contributed by atoms with Gasteiger partial charge in [-0.25, -0.2) is 4.79 Å². The Morgan fingerprint density at radius 3 is 2.69 bits per heavy atom. The summed E-state index contributed by atoms with van der Waals surface area (Å²) >= 11 is 0. The molecular weight excluding hydrogens is 370 g/mol. The summed E-state index contributed by atoms with van der Waals surface area (Å²) in [4.78, 5) is 24.5. The van der Waals surface area contributed by atoms with Crippen molar-refractivity contribution < 1.29 is 23.8 Å². The van der Waals surface area contributed by atoms with Crippen molar-refractivity contribution in [2.75, 3.05) is 13.2 Å². The summed E-state index contributed by atoms with van der Waals surface area (Å²) in [6, 6.07) is 13.4. The van der Waals surface area contributed by atoms with Crippen molar-refractivity contribution in [3.63, 3.8) is 0 Å². The van der Waals surface area contributed by atoms with Gasteiger partial charge in [-0.15, -0.1) is 0 Å². The van der Waals surface area contributed by atoms with Crippen LogP contribution in [0, 0.1) is 0 Å².